The van der Waals surface area contributed by atoms with Crippen molar-refractivity contribution in [1.82, 2.24) is 4.90 Å². The van der Waals surface area contributed by atoms with E-state index >= 15 is 0 Å². The molecule has 0 aromatic carbocycles. The van der Waals surface area contributed by atoms with E-state index in [1.54, 1.807) is 23.6 Å². The maximum absolute atomic E-state index is 11.4. The number of likely N-dealkylation sites (tertiary alicyclic amines) is 1. The van der Waals surface area contributed by atoms with Crippen LogP contribution in [0.2, 0.25) is 0 Å². The molecule has 1 aliphatic heterocycles. The van der Waals surface area contributed by atoms with Crippen LogP contribution < -0.4 is 0 Å². The summed E-state index contributed by atoms with van der Waals surface area (Å²) in [6, 6.07) is -0.195. The third-order valence-electron chi connectivity index (χ3n) is 2.58. The van der Waals surface area contributed by atoms with Crippen LogP contribution in [0.1, 0.15) is 20.3 Å². The maximum atomic E-state index is 11.4. The zero-order valence-electron chi connectivity index (χ0n) is 9.10. The number of rotatable bonds is 4. The Morgan fingerprint density at radius 3 is 2.53 bits per heavy atom. The lowest BCUT2D eigenvalue weighted by atomic mass is 10.1. The smallest absolute Gasteiger partial charge is 0.220 e. The van der Waals surface area contributed by atoms with Gasteiger partial charge in [-0.2, -0.15) is 24.4 Å². The average Bonchev–Trinajstić information content (AvgIpc) is 2.58. The zero-order valence-corrected chi connectivity index (χ0v) is 10.8. The van der Waals surface area contributed by atoms with Crippen molar-refractivity contribution in [1.29, 1.82) is 0 Å². The minimum absolute atomic E-state index is 0.00386. The van der Waals surface area contributed by atoms with Crippen molar-refractivity contribution in [2.75, 3.05) is 18.1 Å². The van der Waals surface area contributed by atoms with Crippen LogP contribution in [-0.4, -0.2) is 45.9 Å². The van der Waals surface area contributed by atoms with Gasteiger partial charge in [0.15, 0.2) is 5.78 Å². The van der Waals surface area contributed by atoms with Gasteiger partial charge < -0.3 is 4.90 Å². The molecule has 1 saturated heterocycles. The summed E-state index contributed by atoms with van der Waals surface area (Å²) in [5.41, 5.74) is 0. The Hall–Kier alpha value is -0.160. The summed E-state index contributed by atoms with van der Waals surface area (Å²) in [6.45, 7) is 3.80. The highest BCUT2D eigenvalue weighted by Crippen LogP contribution is 2.28. The highest BCUT2D eigenvalue weighted by Gasteiger charge is 2.36. The molecule has 15 heavy (non-hydrogen) atoms. The molecule has 0 aromatic heterocycles. The molecule has 0 saturated carbocycles. The molecule has 5 heteroatoms. The summed E-state index contributed by atoms with van der Waals surface area (Å²) < 4.78 is 0. The number of amides is 1. The van der Waals surface area contributed by atoms with Crippen molar-refractivity contribution in [2.24, 2.45) is 0 Å². The van der Waals surface area contributed by atoms with E-state index in [0.29, 0.717) is 11.8 Å². The Labute approximate surface area is 100 Å². The first-order valence-corrected chi connectivity index (χ1v) is 6.74. The van der Waals surface area contributed by atoms with Gasteiger partial charge in [-0.1, -0.05) is 0 Å². The molecule has 0 bridgehead atoms. The third-order valence-corrected chi connectivity index (χ3v) is 4.36. The van der Waals surface area contributed by atoms with Gasteiger partial charge in [0, 0.05) is 24.5 Å². The molecule has 0 spiro atoms. The number of thioether (sulfide) groups is 1. The lowest BCUT2D eigenvalue weighted by Crippen LogP contribution is -2.38. The molecular formula is C10H17NO2S2. The second kappa shape index (κ2) is 5.80. The SMILES string of the molecule is CC(=O)C1CC(SCCS)CN1C(C)=O. The van der Waals surface area contributed by atoms with Crippen molar-refractivity contribution in [3.8, 4) is 0 Å². The summed E-state index contributed by atoms with van der Waals surface area (Å²) in [7, 11) is 0. The van der Waals surface area contributed by atoms with Gasteiger partial charge >= 0.3 is 0 Å². The summed E-state index contributed by atoms with van der Waals surface area (Å²) >= 11 is 5.96. The summed E-state index contributed by atoms with van der Waals surface area (Å²) in [4.78, 5) is 24.4. The summed E-state index contributed by atoms with van der Waals surface area (Å²) in [6.07, 6.45) is 0.799. The van der Waals surface area contributed by atoms with Crippen LogP contribution >= 0.6 is 24.4 Å². The molecule has 0 aromatic rings. The van der Waals surface area contributed by atoms with Crippen LogP contribution in [-0.2, 0) is 9.59 Å². The van der Waals surface area contributed by atoms with Crippen LogP contribution in [0.5, 0.6) is 0 Å². The Balaban J connectivity index is 2.57. The van der Waals surface area contributed by atoms with Crippen LogP contribution in [0.25, 0.3) is 0 Å². The van der Waals surface area contributed by atoms with E-state index in [1.165, 1.54) is 6.92 Å². The molecule has 1 aliphatic rings. The minimum Gasteiger partial charge on any atom is -0.332 e. The topological polar surface area (TPSA) is 37.4 Å². The zero-order chi connectivity index (χ0) is 11.4. The normalized spacial score (nSPS) is 25.7. The molecule has 1 fully saturated rings. The van der Waals surface area contributed by atoms with Gasteiger partial charge in [0.2, 0.25) is 5.91 Å². The van der Waals surface area contributed by atoms with Gasteiger partial charge in [-0.15, -0.1) is 0 Å². The number of carbonyl (C=O) groups excluding carboxylic acids is 2. The van der Waals surface area contributed by atoms with Crippen molar-refractivity contribution in [2.45, 2.75) is 31.6 Å². The van der Waals surface area contributed by atoms with Gasteiger partial charge in [0.25, 0.3) is 0 Å². The lowest BCUT2D eigenvalue weighted by Gasteiger charge is -2.20. The molecule has 2 unspecified atom stereocenters. The van der Waals surface area contributed by atoms with E-state index in [9.17, 15) is 9.59 Å². The number of nitrogens with zero attached hydrogens (tertiary/aromatic N) is 1. The van der Waals surface area contributed by atoms with Crippen molar-refractivity contribution in [3.05, 3.63) is 0 Å². The van der Waals surface area contributed by atoms with Crippen molar-refractivity contribution >= 4 is 36.1 Å². The van der Waals surface area contributed by atoms with E-state index in [0.717, 1.165) is 17.9 Å². The molecular weight excluding hydrogens is 230 g/mol. The molecule has 1 heterocycles. The minimum atomic E-state index is -0.195. The van der Waals surface area contributed by atoms with Gasteiger partial charge in [0.05, 0.1) is 6.04 Å². The molecule has 1 rings (SSSR count). The van der Waals surface area contributed by atoms with Crippen LogP contribution in [0.4, 0.5) is 0 Å². The van der Waals surface area contributed by atoms with E-state index in [2.05, 4.69) is 12.6 Å². The molecule has 1 amide bonds. The standard InChI is InChI=1S/C10H17NO2S2/c1-7(12)10-5-9(15-4-3-14)6-11(10)8(2)13/h9-10,14H,3-6H2,1-2H3. The Morgan fingerprint density at radius 1 is 1.47 bits per heavy atom. The Kier molecular flexibility index (Phi) is 4.99. The number of thiol groups is 1. The van der Waals surface area contributed by atoms with Crippen LogP contribution in [0.15, 0.2) is 0 Å². The van der Waals surface area contributed by atoms with Crippen molar-refractivity contribution in [3.63, 3.8) is 0 Å². The lowest BCUT2D eigenvalue weighted by molar-refractivity contribution is -0.135. The highest BCUT2D eigenvalue weighted by molar-refractivity contribution is 8.00. The predicted molar refractivity (Wildman–Crippen MR) is 66.6 cm³/mol. The largest absolute Gasteiger partial charge is 0.332 e. The number of ketones is 1. The van der Waals surface area contributed by atoms with E-state index in [-0.39, 0.29) is 17.7 Å². The Morgan fingerprint density at radius 2 is 2.13 bits per heavy atom. The first-order chi connectivity index (χ1) is 7.06. The fraction of sp³-hybridized carbons (Fsp3) is 0.800. The van der Waals surface area contributed by atoms with E-state index < -0.39 is 0 Å². The van der Waals surface area contributed by atoms with Crippen LogP contribution in [0, 0.1) is 0 Å². The molecule has 86 valence electrons. The van der Waals surface area contributed by atoms with Crippen LogP contribution in [0.3, 0.4) is 0 Å². The van der Waals surface area contributed by atoms with Gasteiger partial charge in [0.1, 0.15) is 0 Å². The second-order valence-electron chi connectivity index (χ2n) is 3.75. The van der Waals surface area contributed by atoms with Gasteiger partial charge in [-0.25, -0.2) is 0 Å². The summed E-state index contributed by atoms with van der Waals surface area (Å²) in [5, 5.41) is 0.398. The number of Topliss-reactive ketones (excluding diaryl/α,β-unsaturated/α-hetero) is 1. The fourth-order valence-electron chi connectivity index (χ4n) is 1.87. The first-order valence-electron chi connectivity index (χ1n) is 5.06. The second-order valence-corrected chi connectivity index (χ2v) is 5.61. The molecule has 0 radical (unpaired) electrons. The molecule has 0 N–H and O–H groups in total. The maximum Gasteiger partial charge on any atom is 0.220 e. The van der Waals surface area contributed by atoms with E-state index in [4.69, 9.17) is 0 Å². The average molecular weight is 247 g/mol. The van der Waals surface area contributed by atoms with E-state index in [1.807, 2.05) is 0 Å². The van der Waals surface area contributed by atoms with Gasteiger partial charge in [-0.05, 0) is 19.1 Å². The highest BCUT2D eigenvalue weighted by atomic mass is 32.2. The number of hydrogen-bond acceptors (Lipinski definition) is 4. The van der Waals surface area contributed by atoms with Crippen molar-refractivity contribution < 1.29 is 9.59 Å². The quantitative estimate of drug-likeness (QED) is 0.759. The number of carbonyl (C=O) groups is 2. The Bertz CT molecular complexity index is 236. The molecule has 0 aliphatic carbocycles. The monoisotopic (exact) mass is 247 g/mol. The molecule has 3 nitrogen and oxygen atoms in total. The summed E-state index contributed by atoms with van der Waals surface area (Å²) in [5.74, 6) is 1.92. The number of hydrogen-bond donors (Lipinski definition) is 1. The first kappa shape index (κ1) is 12.9. The predicted octanol–water partition coefficient (Wildman–Crippen LogP) is 1.23. The van der Waals surface area contributed by atoms with Gasteiger partial charge in [-0.3, -0.25) is 9.59 Å². The fourth-order valence-corrected chi connectivity index (χ4v) is 3.21. The molecule has 2 atom stereocenters. The third kappa shape index (κ3) is 3.41.